The molecule has 0 saturated heterocycles. The summed E-state index contributed by atoms with van der Waals surface area (Å²) in [7, 11) is 0. The van der Waals surface area contributed by atoms with Crippen LogP contribution in [0.2, 0.25) is 0 Å². The molecule has 0 heterocycles. The Morgan fingerprint density at radius 1 is 0.930 bits per heavy atom. The van der Waals surface area contributed by atoms with Crippen LogP contribution in [0.15, 0.2) is 53.6 Å². The molecule has 0 N–H and O–H groups in total. The molecule has 0 aliphatic heterocycles. The summed E-state index contributed by atoms with van der Waals surface area (Å²) in [5.74, 6) is 2.31. The highest BCUT2D eigenvalue weighted by Gasteiger charge is 2.58. The monoisotopic (exact) mass is 588 g/mol. The highest BCUT2D eigenvalue weighted by atomic mass is 16.5. The molecule has 0 amide bonds. The van der Waals surface area contributed by atoms with Crippen molar-refractivity contribution in [2.75, 3.05) is 0 Å². The Morgan fingerprint density at radius 3 is 2.40 bits per heavy atom. The van der Waals surface area contributed by atoms with Crippen molar-refractivity contribution in [3.05, 3.63) is 59.2 Å². The molecule has 1 aromatic carbocycles. The summed E-state index contributed by atoms with van der Waals surface area (Å²) >= 11 is 0. The standard InChI is InChI=1S/C39H56O4/c1-27(14-10-13-19-36(41)42-26-29-15-8-7-9-16-29)30-22-24-38(5)31(30)17-11-12-18-32-33(38)20-21-34-37(3,4)35(43-28(2)40)23-25-39(32,34)6/h7-9,13,15-16,19,27,30-31,34-35H,10-12,14,17-18,20-26H2,1-6H3/b19-13+/t27-,30-,31+,34?,35+,38-,39-/m1/s1. The SMILES string of the molecule is CC(=O)O[C@H]1CC[C@]2(C)C3=C(CCC2C1(C)C)[C@]1(C)CC[C@H]([C@H](C)CC/C=C/C(=O)OCc2ccccc2)[C@@H]1CCCC3. The van der Waals surface area contributed by atoms with Gasteiger partial charge in [0.25, 0.3) is 0 Å². The lowest BCUT2D eigenvalue weighted by atomic mass is 9.46. The second kappa shape index (κ2) is 12.9. The first-order chi connectivity index (χ1) is 20.5. The first kappa shape index (κ1) is 32.0. The number of carbonyl (C=O) groups excluding carboxylic acids is 2. The molecule has 4 aliphatic carbocycles. The third-order valence-electron chi connectivity index (χ3n) is 12.7. The van der Waals surface area contributed by atoms with E-state index in [9.17, 15) is 9.59 Å². The fraction of sp³-hybridized carbons (Fsp3) is 0.692. The molecular weight excluding hydrogens is 532 g/mol. The smallest absolute Gasteiger partial charge is 0.330 e. The minimum Gasteiger partial charge on any atom is -0.462 e. The summed E-state index contributed by atoms with van der Waals surface area (Å²) in [5, 5.41) is 0. The molecule has 0 aromatic heterocycles. The molecule has 2 fully saturated rings. The Bertz CT molecular complexity index is 1210. The van der Waals surface area contributed by atoms with Crippen molar-refractivity contribution in [3.8, 4) is 0 Å². The molecule has 1 unspecified atom stereocenters. The zero-order chi connectivity index (χ0) is 30.8. The predicted molar refractivity (Wildman–Crippen MR) is 173 cm³/mol. The fourth-order valence-electron chi connectivity index (χ4n) is 10.4. The van der Waals surface area contributed by atoms with E-state index in [1.165, 1.54) is 51.4 Å². The highest BCUT2D eigenvalue weighted by Crippen LogP contribution is 2.67. The van der Waals surface area contributed by atoms with E-state index in [0.717, 1.165) is 43.1 Å². The van der Waals surface area contributed by atoms with E-state index in [2.05, 4.69) is 34.6 Å². The van der Waals surface area contributed by atoms with Crippen LogP contribution in [0, 0.1) is 39.9 Å². The van der Waals surface area contributed by atoms with Crippen LogP contribution >= 0.6 is 0 Å². The summed E-state index contributed by atoms with van der Waals surface area (Å²) < 4.78 is 11.3. The van der Waals surface area contributed by atoms with Crippen LogP contribution in [0.4, 0.5) is 0 Å². The van der Waals surface area contributed by atoms with E-state index in [-0.39, 0.29) is 28.9 Å². The van der Waals surface area contributed by atoms with Crippen molar-refractivity contribution >= 4 is 11.9 Å². The maximum atomic E-state index is 12.2. The van der Waals surface area contributed by atoms with Crippen LogP contribution in [-0.4, -0.2) is 18.0 Å². The first-order valence-electron chi connectivity index (χ1n) is 17.2. The van der Waals surface area contributed by atoms with Crippen LogP contribution in [0.3, 0.4) is 0 Å². The number of benzene rings is 1. The number of hydrogen-bond acceptors (Lipinski definition) is 4. The van der Waals surface area contributed by atoms with Gasteiger partial charge in [0, 0.05) is 18.4 Å². The van der Waals surface area contributed by atoms with Crippen molar-refractivity contribution in [1.29, 1.82) is 0 Å². The zero-order valence-corrected chi connectivity index (χ0v) is 27.8. The molecular formula is C39H56O4. The van der Waals surface area contributed by atoms with E-state index in [1.54, 1.807) is 18.6 Å². The van der Waals surface area contributed by atoms with Gasteiger partial charge >= 0.3 is 11.9 Å². The normalized spacial score (nSPS) is 34.4. The van der Waals surface area contributed by atoms with Crippen LogP contribution in [0.25, 0.3) is 0 Å². The lowest BCUT2D eigenvalue weighted by Gasteiger charge is -2.59. The van der Waals surface area contributed by atoms with Crippen molar-refractivity contribution < 1.29 is 19.1 Å². The summed E-state index contributed by atoms with van der Waals surface area (Å²) in [5.41, 5.74) is 5.15. The topological polar surface area (TPSA) is 52.6 Å². The molecule has 4 heteroatoms. The van der Waals surface area contributed by atoms with Crippen LogP contribution in [0.1, 0.15) is 124 Å². The number of fused-ring (bicyclic) bond motifs is 4. The Morgan fingerprint density at radius 2 is 1.65 bits per heavy atom. The Labute approximate surface area is 261 Å². The summed E-state index contributed by atoms with van der Waals surface area (Å²) in [6, 6.07) is 9.85. The summed E-state index contributed by atoms with van der Waals surface area (Å²) in [6.07, 6.45) is 18.1. The van der Waals surface area contributed by atoms with Gasteiger partial charge in [0.1, 0.15) is 12.7 Å². The van der Waals surface area contributed by atoms with Gasteiger partial charge in [-0.05, 0) is 111 Å². The second-order valence-electron chi connectivity index (χ2n) is 15.4. The lowest BCUT2D eigenvalue weighted by Crippen LogP contribution is -2.54. The van der Waals surface area contributed by atoms with E-state index < -0.39 is 0 Å². The number of allylic oxidation sites excluding steroid dienone is 3. The maximum absolute atomic E-state index is 12.2. The fourth-order valence-corrected chi connectivity index (χ4v) is 10.4. The van der Waals surface area contributed by atoms with Crippen molar-refractivity contribution in [2.45, 2.75) is 131 Å². The molecule has 0 radical (unpaired) electrons. The highest BCUT2D eigenvalue weighted by molar-refractivity contribution is 5.81. The van der Waals surface area contributed by atoms with Gasteiger partial charge in [0.2, 0.25) is 0 Å². The average molecular weight is 589 g/mol. The minimum atomic E-state index is -0.251. The number of hydrogen-bond donors (Lipinski definition) is 0. The average Bonchev–Trinajstić information content (AvgIpc) is 3.29. The van der Waals surface area contributed by atoms with Crippen LogP contribution < -0.4 is 0 Å². The first-order valence-corrected chi connectivity index (χ1v) is 17.2. The Kier molecular flexibility index (Phi) is 9.64. The summed E-state index contributed by atoms with van der Waals surface area (Å²) in [4.78, 5) is 24.2. The van der Waals surface area contributed by atoms with Crippen molar-refractivity contribution in [3.63, 3.8) is 0 Å². The quantitative estimate of drug-likeness (QED) is 0.172. The third kappa shape index (κ3) is 6.40. The van der Waals surface area contributed by atoms with Gasteiger partial charge < -0.3 is 9.47 Å². The molecule has 5 rings (SSSR count). The van der Waals surface area contributed by atoms with Gasteiger partial charge in [-0.15, -0.1) is 0 Å². The number of ether oxygens (including phenoxy) is 2. The van der Waals surface area contributed by atoms with Crippen LogP contribution in [0.5, 0.6) is 0 Å². The van der Waals surface area contributed by atoms with Gasteiger partial charge in [0.05, 0.1) is 0 Å². The maximum Gasteiger partial charge on any atom is 0.330 e. The second-order valence-corrected chi connectivity index (χ2v) is 15.4. The molecule has 0 spiro atoms. The van der Waals surface area contributed by atoms with E-state index in [4.69, 9.17) is 9.47 Å². The molecule has 0 bridgehead atoms. The Hall–Kier alpha value is -2.36. The third-order valence-corrected chi connectivity index (χ3v) is 12.7. The van der Waals surface area contributed by atoms with Crippen LogP contribution in [-0.2, 0) is 25.7 Å². The van der Waals surface area contributed by atoms with Gasteiger partial charge in [0.15, 0.2) is 0 Å². The van der Waals surface area contributed by atoms with Gasteiger partial charge in [-0.25, -0.2) is 4.79 Å². The number of esters is 2. The van der Waals surface area contributed by atoms with E-state index in [0.29, 0.717) is 23.9 Å². The lowest BCUT2D eigenvalue weighted by molar-refractivity contribution is -0.166. The van der Waals surface area contributed by atoms with Gasteiger partial charge in [-0.3, -0.25) is 4.79 Å². The molecule has 4 aliphatic rings. The molecule has 4 nitrogen and oxygen atoms in total. The molecule has 43 heavy (non-hydrogen) atoms. The van der Waals surface area contributed by atoms with E-state index in [1.807, 2.05) is 42.0 Å². The van der Waals surface area contributed by atoms with Crippen molar-refractivity contribution in [2.24, 2.45) is 39.9 Å². The van der Waals surface area contributed by atoms with Gasteiger partial charge in [-0.1, -0.05) is 88.6 Å². The largest absolute Gasteiger partial charge is 0.462 e. The van der Waals surface area contributed by atoms with Gasteiger partial charge in [-0.2, -0.15) is 0 Å². The summed E-state index contributed by atoms with van der Waals surface area (Å²) in [6.45, 7) is 14.3. The molecule has 7 atom stereocenters. The molecule has 2 saturated carbocycles. The minimum absolute atomic E-state index is 0.00587. The van der Waals surface area contributed by atoms with E-state index >= 15 is 0 Å². The molecule has 236 valence electrons. The Balaban J connectivity index is 1.26. The van der Waals surface area contributed by atoms with Crippen molar-refractivity contribution in [1.82, 2.24) is 0 Å². The molecule has 1 aromatic rings. The predicted octanol–water partition coefficient (Wildman–Crippen LogP) is 9.77. The number of rotatable bonds is 8. The zero-order valence-electron chi connectivity index (χ0n) is 27.8. The number of carbonyl (C=O) groups is 2.